The molecule has 0 aromatic heterocycles. The molecule has 3 N–H and O–H groups in total. The lowest BCUT2D eigenvalue weighted by Crippen LogP contribution is -2.49. The third-order valence-corrected chi connectivity index (χ3v) is 3.51. The van der Waals surface area contributed by atoms with E-state index >= 15 is 0 Å². The maximum Gasteiger partial charge on any atom is 0.269 e. The minimum absolute atomic E-state index is 0.0465. The van der Waals surface area contributed by atoms with Crippen LogP contribution < -0.4 is 20.9 Å². The van der Waals surface area contributed by atoms with Gasteiger partial charge in [-0.3, -0.25) is 20.4 Å². The number of hydrogen-bond donors (Lipinski definition) is 3. The summed E-state index contributed by atoms with van der Waals surface area (Å²) in [7, 11) is 1.56. The molecule has 114 valence electrons. The molecule has 0 bridgehead atoms. The molecule has 0 aliphatic carbocycles. The molecule has 0 radical (unpaired) electrons. The largest absolute Gasteiger partial charge is 0.496 e. The maximum absolute atomic E-state index is 11.9. The second kappa shape index (κ2) is 8.13. The van der Waals surface area contributed by atoms with Gasteiger partial charge in [0, 0.05) is 11.5 Å². The van der Waals surface area contributed by atoms with Gasteiger partial charge in [0.05, 0.1) is 10.7 Å². The Labute approximate surface area is 142 Å². The number of carbonyl (C=O) groups is 2. The van der Waals surface area contributed by atoms with Gasteiger partial charge in [-0.2, -0.15) is 0 Å². The monoisotopic (exact) mass is 421 g/mol. The van der Waals surface area contributed by atoms with Crippen molar-refractivity contribution in [3.05, 3.63) is 27.3 Å². The average molecular weight is 421 g/mol. The molecule has 8 heteroatoms. The number of methoxy groups -OCH3 is 1. The number of amides is 2. The zero-order valence-electron chi connectivity index (χ0n) is 11.8. The highest BCUT2D eigenvalue weighted by Crippen LogP contribution is 2.21. The van der Waals surface area contributed by atoms with Crippen molar-refractivity contribution in [2.24, 2.45) is 5.92 Å². The van der Waals surface area contributed by atoms with Gasteiger partial charge in [-0.25, -0.2) is 0 Å². The fourth-order valence-electron chi connectivity index (χ4n) is 1.28. The van der Waals surface area contributed by atoms with Gasteiger partial charge in [-0.15, -0.1) is 0 Å². The summed E-state index contributed by atoms with van der Waals surface area (Å²) >= 11 is 6.98. The Hall–Kier alpha value is -1.42. The summed E-state index contributed by atoms with van der Waals surface area (Å²) in [5, 5.41) is 2.51. The predicted octanol–water partition coefficient (Wildman–Crippen LogP) is 1.59. The second-order valence-electron chi connectivity index (χ2n) is 4.40. The Morgan fingerprint density at radius 2 is 1.95 bits per heavy atom. The van der Waals surface area contributed by atoms with Gasteiger partial charge in [0.25, 0.3) is 5.91 Å². The summed E-state index contributed by atoms with van der Waals surface area (Å²) in [5.41, 5.74) is 5.35. The van der Waals surface area contributed by atoms with Gasteiger partial charge in [-0.1, -0.05) is 13.8 Å². The number of hydrogen-bond acceptors (Lipinski definition) is 4. The van der Waals surface area contributed by atoms with E-state index in [1.807, 2.05) is 0 Å². The fourth-order valence-corrected chi connectivity index (χ4v) is 2.17. The van der Waals surface area contributed by atoms with Crippen LogP contribution in [0.4, 0.5) is 0 Å². The molecular formula is C13H16IN3O3S. The van der Waals surface area contributed by atoms with E-state index in [2.05, 4.69) is 38.8 Å². The molecular weight excluding hydrogens is 405 g/mol. The first kappa shape index (κ1) is 17.6. The zero-order chi connectivity index (χ0) is 16.0. The van der Waals surface area contributed by atoms with Crippen LogP contribution in [-0.4, -0.2) is 24.0 Å². The summed E-state index contributed by atoms with van der Waals surface area (Å²) in [5.74, 6) is -0.0825. The smallest absolute Gasteiger partial charge is 0.269 e. The highest BCUT2D eigenvalue weighted by atomic mass is 127. The maximum atomic E-state index is 11.9. The van der Waals surface area contributed by atoms with Crippen molar-refractivity contribution in [3.63, 3.8) is 0 Å². The van der Waals surface area contributed by atoms with Crippen LogP contribution in [0, 0.1) is 9.49 Å². The third kappa shape index (κ3) is 5.46. The molecule has 2 amide bonds. The molecule has 1 rings (SSSR count). The van der Waals surface area contributed by atoms with Crippen LogP contribution in [0.2, 0.25) is 0 Å². The molecule has 0 fully saturated rings. The lowest BCUT2D eigenvalue weighted by molar-refractivity contribution is -0.122. The Morgan fingerprint density at radius 1 is 1.29 bits per heavy atom. The quantitative estimate of drug-likeness (QED) is 0.393. The summed E-state index contributed by atoms with van der Waals surface area (Å²) in [6.45, 7) is 3.49. The Balaban J connectivity index is 2.56. The van der Waals surface area contributed by atoms with Crippen molar-refractivity contribution in [1.29, 1.82) is 0 Å². The molecule has 0 atom stereocenters. The van der Waals surface area contributed by atoms with Crippen LogP contribution in [0.1, 0.15) is 24.2 Å². The lowest BCUT2D eigenvalue weighted by atomic mass is 10.2. The number of nitrogens with one attached hydrogen (secondary N) is 3. The number of halogens is 1. The number of carbonyl (C=O) groups excluding carboxylic acids is 2. The normalized spacial score (nSPS) is 9.95. The predicted molar refractivity (Wildman–Crippen MR) is 91.9 cm³/mol. The highest BCUT2D eigenvalue weighted by Gasteiger charge is 2.11. The van der Waals surface area contributed by atoms with Crippen molar-refractivity contribution in [2.45, 2.75) is 13.8 Å². The van der Waals surface area contributed by atoms with Gasteiger partial charge in [0.1, 0.15) is 5.75 Å². The van der Waals surface area contributed by atoms with Gasteiger partial charge >= 0.3 is 0 Å². The topological polar surface area (TPSA) is 79.5 Å². The third-order valence-electron chi connectivity index (χ3n) is 2.46. The SMILES string of the molecule is COc1ccc(C(=O)NNC(=S)NC(=O)C(C)C)cc1I. The van der Waals surface area contributed by atoms with Gasteiger partial charge in [0.2, 0.25) is 5.91 Å². The summed E-state index contributed by atoms with van der Waals surface area (Å²) in [4.78, 5) is 23.3. The molecule has 0 heterocycles. The second-order valence-corrected chi connectivity index (χ2v) is 5.97. The molecule has 21 heavy (non-hydrogen) atoms. The molecule has 0 spiro atoms. The van der Waals surface area contributed by atoms with E-state index in [0.29, 0.717) is 11.3 Å². The van der Waals surface area contributed by atoms with Crippen molar-refractivity contribution in [2.75, 3.05) is 7.11 Å². The zero-order valence-corrected chi connectivity index (χ0v) is 14.8. The Bertz CT molecular complexity index is 564. The van der Waals surface area contributed by atoms with Gasteiger partial charge in [-0.05, 0) is 53.0 Å². The van der Waals surface area contributed by atoms with E-state index in [9.17, 15) is 9.59 Å². The standard InChI is InChI=1S/C13H16IN3O3S/c1-7(2)11(18)15-13(21)17-16-12(19)8-4-5-10(20-3)9(14)6-8/h4-7H,1-3H3,(H,16,19)(H2,15,17,18,21). The minimum Gasteiger partial charge on any atom is -0.496 e. The summed E-state index contributed by atoms with van der Waals surface area (Å²) < 4.78 is 5.94. The number of thiocarbonyl (C=S) groups is 1. The Kier molecular flexibility index (Phi) is 6.82. The number of ether oxygens (including phenoxy) is 1. The minimum atomic E-state index is -0.364. The summed E-state index contributed by atoms with van der Waals surface area (Å²) in [6, 6.07) is 5.02. The van der Waals surface area contributed by atoms with E-state index in [1.165, 1.54) is 0 Å². The van der Waals surface area contributed by atoms with E-state index in [0.717, 1.165) is 3.57 Å². The average Bonchev–Trinajstić information content (AvgIpc) is 2.44. The van der Waals surface area contributed by atoms with Gasteiger partial charge in [0.15, 0.2) is 5.11 Å². The molecule has 6 nitrogen and oxygen atoms in total. The number of hydrazine groups is 1. The van der Waals surface area contributed by atoms with E-state index in [-0.39, 0.29) is 22.8 Å². The van der Waals surface area contributed by atoms with Crippen LogP contribution in [0.25, 0.3) is 0 Å². The molecule has 1 aromatic carbocycles. The van der Waals surface area contributed by atoms with Crippen molar-refractivity contribution < 1.29 is 14.3 Å². The van der Waals surface area contributed by atoms with Crippen LogP contribution in [0.15, 0.2) is 18.2 Å². The molecule has 0 saturated carbocycles. The van der Waals surface area contributed by atoms with E-state index < -0.39 is 0 Å². The van der Waals surface area contributed by atoms with Crippen LogP contribution in [0.3, 0.4) is 0 Å². The van der Waals surface area contributed by atoms with E-state index in [1.54, 1.807) is 39.2 Å². The molecule has 0 aliphatic rings. The van der Waals surface area contributed by atoms with Crippen LogP contribution in [0.5, 0.6) is 5.75 Å². The summed E-state index contributed by atoms with van der Waals surface area (Å²) in [6.07, 6.45) is 0. The van der Waals surface area contributed by atoms with Crippen molar-refractivity contribution >= 4 is 51.7 Å². The van der Waals surface area contributed by atoms with Gasteiger partial charge < -0.3 is 10.1 Å². The number of benzene rings is 1. The molecule has 0 saturated heterocycles. The molecule has 0 unspecified atom stereocenters. The van der Waals surface area contributed by atoms with Crippen molar-refractivity contribution in [1.82, 2.24) is 16.2 Å². The first-order valence-corrected chi connectivity index (χ1v) is 7.58. The molecule has 0 aliphatic heterocycles. The van der Waals surface area contributed by atoms with Crippen molar-refractivity contribution in [3.8, 4) is 5.75 Å². The first-order chi connectivity index (χ1) is 9.85. The highest BCUT2D eigenvalue weighted by molar-refractivity contribution is 14.1. The molecule has 1 aromatic rings. The van der Waals surface area contributed by atoms with Crippen LogP contribution >= 0.6 is 34.8 Å². The fraction of sp³-hybridized carbons (Fsp3) is 0.308. The van der Waals surface area contributed by atoms with Crippen LogP contribution in [-0.2, 0) is 4.79 Å². The lowest BCUT2D eigenvalue weighted by Gasteiger charge is -2.12. The first-order valence-electron chi connectivity index (χ1n) is 6.10. The van der Waals surface area contributed by atoms with E-state index in [4.69, 9.17) is 17.0 Å². The Morgan fingerprint density at radius 3 is 2.48 bits per heavy atom. The number of rotatable bonds is 3.